The Morgan fingerprint density at radius 2 is 1.59 bits per heavy atom. The summed E-state index contributed by atoms with van der Waals surface area (Å²) in [4.78, 5) is 11.4. The lowest BCUT2D eigenvalue weighted by molar-refractivity contribution is 0.384. The normalized spacial score (nSPS) is 15.8. The summed E-state index contributed by atoms with van der Waals surface area (Å²) in [6.45, 7) is 4.01. The molecule has 0 atom stereocenters. The molecule has 3 aromatic rings. The Balaban J connectivity index is 1.49. The minimum atomic E-state index is -3.44. The first-order valence-corrected chi connectivity index (χ1v) is 10.3. The van der Waals surface area contributed by atoms with Gasteiger partial charge in [0, 0.05) is 38.6 Å². The van der Waals surface area contributed by atoms with Crippen molar-refractivity contribution >= 4 is 15.8 Å². The van der Waals surface area contributed by atoms with Crippen molar-refractivity contribution in [3.05, 3.63) is 66.7 Å². The van der Waals surface area contributed by atoms with Crippen molar-refractivity contribution in [2.45, 2.75) is 11.8 Å². The maximum Gasteiger partial charge on any atom is 0.243 e. The molecular weight excluding hydrogens is 362 g/mol. The molecule has 0 spiro atoms. The van der Waals surface area contributed by atoms with Gasteiger partial charge in [0.1, 0.15) is 17.5 Å². The lowest BCUT2D eigenvalue weighted by Crippen LogP contribution is -2.48. The van der Waals surface area contributed by atoms with Crippen molar-refractivity contribution < 1.29 is 8.42 Å². The molecule has 2 aromatic heterocycles. The molecule has 0 amide bonds. The van der Waals surface area contributed by atoms with Crippen LogP contribution < -0.4 is 4.90 Å². The van der Waals surface area contributed by atoms with Gasteiger partial charge in [0.25, 0.3) is 0 Å². The molecule has 140 valence electrons. The minimum Gasteiger partial charge on any atom is -0.354 e. The predicted octanol–water partition coefficient (Wildman–Crippen LogP) is 2.09. The Bertz CT molecular complexity index is 1030. The van der Waals surface area contributed by atoms with Crippen LogP contribution in [0.5, 0.6) is 0 Å². The SMILES string of the molecule is Cc1nccn1-c1cccc(N2CCN(S(=O)(=O)c3ccccc3)CC2)n1. The number of piperazine rings is 1. The van der Waals surface area contributed by atoms with Gasteiger partial charge in [-0.15, -0.1) is 0 Å². The van der Waals surface area contributed by atoms with Crippen LogP contribution in [0.2, 0.25) is 0 Å². The van der Waals surface area contributed by atoms with E-state index in [2.05, 4.69) is 9.88 Å². The van der Waals surface area contributed by atoms with E-state index in [4.69, 9.17) is 4.98 Å². The van der Waals surface area contributed by atoms with Crippen LogP contribution in [0.4, 0.5) is 5.82 Å². The Labute approximate surface area is 159 Å². The third-order valence-electron chi connectivity index (χ3n) is 4.74. The second-order valence-electron chi connectivity index (χ2n) is 6.40. The topological polar surface area (TPSA) is 71.3 Å². The highest BCUT2D eigenvalue weighted by Crippen LogP contribution is 2.21. The van der Waals surface area contributed by atoms with Gasteiger partial charge in [-0.1, -0.05) is 24.3 Å². The number of aromatic nitrogens is 3. The fraction of sp³-hybridized carbons (Fsp3) is 0.263. The third-order valence-corrected chi connectivity index (χ3v) is 6.65. The number of imidazole rings is 1. The third kappa shape index (κ3) is 3.45. The van der Waals surface area contributed by atoms with Crippen LogP contribution in [0.1, 0.15) is 5.82 Å². The summed E-state index contributed by atoms with van der Waals surface area (Å²) in [5, 5.41) is 0. The van der Waals surface area contributed by atoms with Gasteiger partial charge in [0.15, 0.2) is 0 Å². The summed E-state index contributed by atoms with van der Waals surface area (Å²) in [5.74, 6) is 2.53. The van der Waals surface area contributed by atoms with E-state index in [0.717, 1.165) is 17.5 Å². The van der Waals surface area contributed by atoms with Gasteiger partial charge in [0.2, 0.25) is 10.0 Å². The van der Waals surface area contributed by atoms with Crippen molar-refractivity contribution in [3.63, 3.8) is 0 Å². The van der Waals surface area contributed by atoms with E-state index in [1.165, 1.54) is 0 Å². The van der Waals surface area contributed by atoms with Crippen molar-refractivity contribution in [1.82, 2.24) is 18.8 Å². The summed E-state index contributed by atoms with van der Waals surface area (Å²) in [5.41, 5.74) is 0. The zero-order valence-corrected chi connectivity index (χ0v) is 15.9. The first-order chi connectivity index (χ1) is 13.1. The Morgan fingerprint density at radius 3 is 2.26 bits per heavy atom. The van der Waals surface area contributed by atoms with Crippen molar-refractivity contribution in [2.24, 2.45) is 0 Å². The average Bonchev–Trinajstić information content (AvgIpc) is 3.15. The predicted molar refractivity (Wildman–Crippen MR) is 104 cm³/mol. The van der Waals surface area contributed by atoms with Crippen molar-refractivity contribution in [2.75, 3.05) is 31.1 Å². The zero-order valence-electron chi connectivity index (χ0n) is 15.1. The number of sulfonamides is 1. The molecule has 1 saturated heterocycles. The second-order valence-corrected chi connectivity index (χ2v) is 8.34. The smallest absolute Gasteiger partial charge is 0.243 e. The summed E-state index contributed by atoms with van der Waals surface area (Å²) in [6.07, 6.45) is 3.63. The Kier molecular flexibility index (Phi) is 4.67. The molecule has 1 aromatic carbocycles. The molecule has 0 N–H and O–H groups in total. The number of benzene rings is 1. The number of pyridine rings is 1. The van der Waals surface area contributed by atoms with Crippen LogP contribution in [0.3, 0.4) is 0 Å². The number of hydrogen-bond donors (Lipinski definition) is 0. The Morgan fingerprint density at radius 1 is 0.889 bits per heavy atom. The van der Waals surface area contributed by atoms with Crippen LogP contribution in [0, 0.1) is 6.92 Å². The molecule has 0 unspecified atom stereocenters. The Hall–Kier alpha value is -2.71. The molecule has 3 heterocycles. The van der Waals surface area contributed by atoms with E-state index in [-0.39, 0.29) is 0 Å². The molecule has 8 heteroatoms. The zero-order chi connectivity index (χ0) is 18.9. The maximum atomic E-state index is 12.8. The first kappa shape index (κ1) is 17.7. The first-order valence-electron chi connectivity index (χ1n) is 8.83. The highest BCUT2D eigenvalue weighted by molar-refractivity contribution is 7.89. The number of rotatable bonds is 4. The average molecular weight is 383 g/mol. The van der Waals surface area contributed by atoms with Crippen LogP contribution >= 0.6 is 0 Å². The molecule has 27 heavy (non-hydrogen) atoms. The van der Waals surface area contributed by atoms with E-state index in [0.29, 0.717) is 31.1 Å². The van der Waals surface area contributed by atoms with Gasteiger partial charge in [-0.2, -0.15) is 4.31 Å². The van der Waals surface area contributed by atoms with Crippen LogP contribution in [0.15, 0.2) is 65.8 Å². The van der Waals surface area contributed by atoms with E-state index in [1.54, 1.807) is 34.8 Å². The fourth-order valence-electron chi connectivity index (χ4n) is 3.24. The number of anilines is 1. The maximum absolute atomic E-state index is 12.8. The molecule has 0 aliphatic carbocycles. The summed E-state index contributed by atoms with van der Waals surface area (Å²) < 4.78 is 29.0. The largest absolute Gasteiger partial charge is 0.354 e. The number of aryl methyl sites for hydroxylation is 1. The van der Waals surface area contributed by atoms with Gasteiger partial charge in [-0.3, -0.25) is 4.57 Å². The molecule has 0 radical (unpaired) electrons. The van der Waals surface area contributed by atoms with E-state index >= 15 is 0 Å². The van der Waals surface area contributed by atoms with Gasteiger partial charge >= 0.3 is 0 Å². The molecular formula is C19H21N5O2S. The van der Waals surface area contributed by atoms with Gasteiger partial charge in [-0.05, 0) is 31.2 Å². The molecule has 4 rings (SSSR count). The standard InChI is InChI=1S/C19H21N5O2S/c1-16-20-10-11-24(16)19-9-5-8-18(21-19)22-12-14-23(15-13-22)27(25,26)17-6-3-2-4-7-17/h2-11H,12-15H2,1H3. The van der Waals surface area contributed by atoms with Crippen LogP contribution in [-0.2, 0) is 10.0 Å². The molecule has 0 saturated carbocycles. The lowest BCUT2D eigenvalue weighted by atomic mass is 10.3. The molecule has 1 aliphatic rings. The summed E-state index contributed by atoms with van der Waals surface area (Å²) >= 11 is 0. The lowest BCUT2D eigenvalue weighted by Gasteiger charge is -2.34. The number of nitrogens with zero attached hydrogens (tertiary/aromatic N) is 5. The van der Waals surface area contributed by atoms with E-state index in [9.17, 15) is 8.42 Å². The van der Waals surface area contributed by atoms with Crippen molar-refractivity contribution in [1.29, 1.82) is 0 Å². The van der Waals surface area contributed by atoms with Crippen LogP contribution in [0.25, 0.3) is 5.82 Å². The van der Waals surface area contributed by atoms with E-state index in [1.807, 2.05) is 42.0 Å². The summed E-state index contributed by atoms with van der Waals surface area (Å²) in [7, 11) is -3.44. The van der Waals surface area contributed by atoms with Crippen molar-refractivity contribution in [3.8, 4) is 5.82 Å². The van der Waals surface area contributed by atoms with E-state index < -0.39 is 10.0 Å². The minimum absolute atomic E-state index is 0.342. The van der Waals surface area contributed by atoms with Crippen LogP contribution in [-0.4, -0.2) is 53.4 Å². The summed E-state index contributed by atoms with van der Waals surface area (Å²) in [6, 6.07) is 14.4. The molecule has 1 fully saturated rings. The number of hydrogen-bond acceptors (Lipinski definition) is 5. The molecule has 7 nitrogen and oxygen atoms in total. The molecule has 0 bridgehead atoms. The molecule has 1 aliphatic heterocycles. The van der Waals surface area contributed by atoms with Gasteiger partial charge in [0.05, 0.1) is 4.90 Å². The van der Waals surface area contributed by atoms with Gasteiger partial charge in [-0.25, -0.2) is 18.4 Å². The second kappa shape index (κ2) is 7.13. The highest BCUT2D eigenvalue weighted by Gasteiger charge is 2.28. The fourth-order valence-corrected chi connectivity index (χ4v) is 4.68. The highest BCUT2D eigenvalue weighted by atomic mass is 32.2. The monoisotopic (exact) mass is 383 g/mol. The quantitative estimate of drug-likeness (QED) is 0.690. The van der Waals surface area contributed by atoms with Gasteiger partial charge < -0.3 is 4.90 Å².